The quantitative estimate of drug-likeness (QED) is 0.329. The molecule has 0 aliphatic rings. The van der Waals surface area contributed by atoms with Gasteiger partial charge in [0.1, 0.15) is 17.0 Å². The Balaban J connectivity index is 2.12. The van der Waals surface area contributed by atoms with E-state index >= 15 is 0 Å². The molecule has 11 heteroatoms. The molecule has 9 nitrogen and oxygen atoms in total. The summed E-state index contributed by atoms with van der Waals surface area (Å²) in [5, 5.41) is 12.1. The van der Waals surface area contributed by atoms with Gasteiger partial charge in [-0.3, -0.25) is 23.7 Å². The molecule has 0 saturated carbocycles. The van der Waals surface area contributed by atoms with Crippen LogP contribution in [-0.2, 0) is 7.05 Å². The van der Waals surface area contributed by atoms with Gasteiger partial charge < -0.3 is 10.4 Å². The third-order valence-electron chi connectivity index (χ3n) is 5.20. The number of nitrogens with zero attached hydrogens (tertiary/aromatic N) is 2. The predicted octanol–water partition coefficient (Wildman–Crippen LogP) is 2.87. The molecule has 33 heavy (non-hydrogen) atoms. The summed E-state index contributed by atoms with van der Waals surface area (Å²) < 4.78 is 17.4. The first-order chi connectivity index (χ1) is 15.6. The maximum Gasteiger partial charge on any atom is 0.335 e. The number of benzene rings is 2. The number of halogens is 2. The number of aromatic carboxylic acids is 1. The number of carboxylic acid groups (broad SMARTS) is 1. The molecule has 0 saturated heterocycles. The number of carbonyl (C=O) groups is 1. The van der Waals surface area contributed by atoms with E-state index in [0.717, 1.165) is 9.13 Å². The van der Waals surface area contributed by atoms with Crippen molar-refractivity contribution < 1.29 is 14.3 Å². The van der Waals surface area contributed by atoms with Crippen LogP contribution in [0, 0.1) is 16.3 Å². The van der Waals surface area contributed by atoms with Crippen molar-refractivity contribution in [2.45, 2.75) is 6.92 Å². The van der Waals surface area contributed by atoms with E-state index in [1.807, 2.05) is 22.6 Å². The minimum Gasteiger partial charge on any atom is -0.478 e. The van der Waals surface area contributed by atoms with Crippen LogP contribution >= 0.6 is 22.6 Å². The largest absolute Gasteiger partial charge is 0.478 e. The van der Waals surface area contributed by atoms with Gasteiger partial charge in [-0.1, -0.05) is 6.07 Å². The van der Waals surface area contributed by atoms with Gasteiger partial charge in [-0.25, -0.2) is 14.0 Å². The van der Waals surface area contributed by atoms with Gasteiger partial charge in [0.25, 0.3) is 11.1 Å². The molecule has 0 spiro atoms. The minimum atomic E-state index is -1.21. The number of aromatic amines is 1. The van der Waals surface area contributed by atoms with E-state index in [9.17, 15) is 28.7 Å². The van der Waals surface area contributed by atoms with Gasteiger partial charge in [-0.2, -0.15) is 0 Å². The Kier molecular flexibility index (Phi) is 5.66. The molecule has 2 aromatic heterocycles. The molecule has 0 amide bonds. The van der Waals surface area contributed by atoms with Gasteiger partial charge in [0.2, 0.25) is 0 Å². The van der Waals surface area contributed by atoms with E-state index in [4.69, 9.17) is 0 Å². The summed E-state index contributed by atoms with van der Waals surface area (Å²) in [6.07, 6.45) is 0. The Morgan fingerprint density at radius 1 is 1.15 bits per heavy atom. The Hall–Kier alpha value is -3.74. The highest BCUT2D eigenvalue weighted by Gasteiger charge is 2.21. The number of hydrogen-bond donors (Lipinski definition) is 3. The lowest BCUT2D eigenvalue weighted by Gasteiger charge is -2.18. The third-order valence-corrected chi connectivity index (χ3v) is 5.87. The lowest BCUT2D eigenvalue weighted by molar-refractivity contribution is 0.0697. The number of pyridine rings is 1. The van der Waals surface area contributed by atoms with Gasteiger partial charge in [0, 0.05) is 16.2 Å². The molecule has 4 rings (SSSR count). The van der Waals surface area contributed by atoms with E-state index in [2.05, 4.69) is 10.3 Å². The van der Waals surface area contributed by atoms with Gasteiger partial charge in [0.15, 0.2) is 0 Å². The number of carboxylic acids is 1. The van der Waals surface area contributed by atoms with Gasteiger partial charge in [0.05, 0.1) is 22.5 Å². The molecule has 0 fully saturated rings. The number of H-pyrrole nitrogens is 1. The fourth-order valence-corrected chi connectivity index (χ4v) is 4.08. The van der Waals surface area contributed by atoms with Crippen LogP contribution in [0.15, 0.2) is 56.8 Å². The summed E-state index contributed by atoms with van der Waals surface area (Å²) in [6, 6.07) is 9.93. The molecule has 4 aromatic rings. The zero-order valence-electron chi connectivity index (χ0n) is 17.3. The maximum absolute atomic E-state index is 14.5. The molecule has 0 aliphatic carbocycles. The smallest absolute Gasteiger partial charge is 0.335 e. The number of nitrogens with one attached hydrogen (secondary N) is 2. The van der Waals surface area contributed by atoms with Crippen LogP contribution in [0.3, 0.4) is 0 Å². The Bertz CT molecular complexity index is 1640. The number of fused-ring (bicyclic) bond motifs is 1. The van der Waals surface area contributed by atoms with Crippen LogP contribution in [0.2, 0.25) is 0 Å². The first kappa shape index (κ1) is 22.5. The zero-order chi connectivity index (χ0) is 24.0. The maximum atomic E-state index is 14.5. The topological polar surface area (TPSA) is 126 Å². The SMILES string of the molecule is Cc1c(=O)n(C)c(Nc2ccc(I)cc2F)c2c(=O)[nH]c(=O)n(-c3cccc(C(=O)O)c3)c12. The number of anilines is 2. The normalized spacial score (nSPS) is 11.0. The first-order valence-electron chi connectivity index (χ1n) is 9.54. The highest BCUT2D eigenvalue weighted by Crippen LogP contribution is 2.27. The summed E-state index contributed by atoms with van der Waals surface area (Å²) in [6.45, 7) is 1.45. The summed E-state index contributed by atoms with van der Waals surface area (Å²) >= 11 is 1.95. The second kappa shape index (κ2) is 8.31. The van der Waals surface area contributed by atoms with Crippen molar-refractivity contribution in [3.05, 3.63) is 94.2 Å². The number of rotatable bonds is 4. The molecule has 0 radical (unpaired) electrons. The second-order valence-electron chi connectivity index (χ2n) is 7.26. The Labute approximate surface area is 198 Å². The fourth-order valence-electron chi connectivity index (χ4n) is 3.62. The van der Waals surface area contributed by atoms with E-state index in [0.29, 0.717) is 3.57 Å². The monoisotopic (exact) mass is 562 g/mol. The molecular weight excluding hydrogens is 546 g/mol. The van der Waals surface area contributed by atoms with Crippen LogP contribution in [0.5, 0.6) is 0 Å². The summed E-state index contributed by atoms with van der Waals surface area (Å²) in [5.41, 5.74) is -1.99. The van der Waals surface area contributed by atoms with Gasteiger partial charge in [-0.05, 0) is 65.9 Å². The van der Waals surface area contributed by atoms with Crippen LogP contribution in [0.25, 0.3) is 16.6 Å². The molecule has 2 aromatic carbocycles. The predicted molar refractivity (Wildman–Crippen MR) is 130 cm³/mol. The molecule has 0 unspecified atom stereocenters. The summed E-state index contributed by atoms with van der Waals surface area (Å²) in [7, 11) is 1.42. The van der Waals surface area contributed by atoms with Crippen LogP contribution in [0.1, 0.15) is 15.9 Å². The zero-order valence-corrected chi connectivity index (χ0v) is 19.4. The Morgan fingerprint density at radius 3 is 2.55 bits per heavy atom. The van der Waals surface area contributed by atoms with Gasteiger partial charge in [-0.15, -0.1) is 0 Å². The van der Waals surface area contributed by atoms with Crippen molar-refractivity contribution in [2.75, 3.05) is 5.32 Å². The summed E-state index contributed by atoms with van der Waals surface area (Å²) in [5.74, 6) is -1.82. The molecule has 2 heterocycles. The van der Waals surface area contributed by atoms with Crippen molar-refractivity contribution in [2.24, 2.45) is 7.05 Å². The second-order valence-corrected chi connectivity index (χ2v) is 8.51. The van der Waals surface area contributed by atoms with Gasteiger partial charge >= 0.3 is 11.7 Å². The molecule has 0 bridgehead atoms. The summed E-state index contributed by atoms with van der Waals surface area (Å²) in [4.78, 5) is 52.4. The number of hydrogen-bond acceptors (Lipinski definition) is 5. The van der Waals surface area contributed by atoms with Crippen LogP contribution in [-0.4, -0.2) is 25.2 Å². The van der Waals surface area contributed by atoms with Crippen molar-refractivity contribution in [1.29, 1.82) is 0 Å². The van der Waals surface area contributed by atoms with Crippen LogP contribution in [0.4, 0.5) is 15.9 Å². The van der Waals surface area contributed by atoms with Crippen molar-refractivity contribution in [3.63, 3.8) is 0 Å². The lowest BCUT2D eigenvalue weighted by Crippen LogP contribution is -2.34. The molecular formula is C22H16FIN4O5. The van der Waals surface area contributed by atoms with E-state index in [-0.39, 0.29) is 39.2 Å². The fraction of sp³-hybridized carbons (Fsp3) is 0.0909. The van der Waals surface area contributed by atoms with Crippen LogP contribution < -0.4 is 22.1 Å². The average Bonchev–Trinajstić information content (AvgIpc) is 2.76. The standard InChI is InChI=1S/C22H16FIN4O5/c1-10-17-16(18(27(2)20(10)30)25-15-7-6-12(24)9-14(15)23)19(29)26-22(33)28(17)13-5-3-4-11(8-13)21(31)32/h3-9,25H,1-2H3,(H,31,32)(H,26,29,33). The lowest BCUT2D eigenvalue weighted by atomic mass is 10.1. The van der Waals surface area contributed by atoms with Crippen molar-refractivity contribution in [1.82, 2.24) is 14.1 Å². The van der Waals surface area contributed by atoms with Crippen molar-refractivity contribution in [3.8, 4) is 5.69 Å². The van der Waals surface area contributed by atoms with Crippen molar-refractivity contribution >= 4 is 51.0 Å². The third kappa shape index (κ3) is 3.84. The Morgan fingerprint density at radius 2 is 1.88 bits per heavy atom. The number of aromatic nitrogens is 3. The molecule has 0 aliphatic heterocycles. The molecule has 0 atom stereocenters. The highest BCUT2D eigenvalue weighted by atomic mass is 127. The van der Waals surface area contributed by atoms with E-state index in [1.165, 1.54) is 50.4 Å². The average molecular weight is 562 g/mol. The van der Waals surface area contributed by atoms with E-state index in [1.54, 1.807) is 6.07 Å². The molecule has 3 N–H and O–H groups in total. The highest BCUT2D eigenvalue weighted by molar-refractivity contribution is 14.1. The number of aryl methyl sites for hydroxylation is 1. The van der Waals surface area contributed by atoms with E-state index < -0.39 is 28.6 Å². The molecule has 168 valence electrons. The minimum absolute atomic E-state index is 0.0113. The first-order valence-corrected chi connectivity index (χ1v) is 10.6.